The standard InChI is InChI=1S/C37H28N2O4/c38-26-1-5-28(6-2-26)40-30-9-13-32(14-10-30)42-34-17-19-36-24(22-34)21-25-23-35(18-20-37(25)36)43-33-15-11-31(12-16-33)41-29-7-3-27(39)4-8-29/h1-20,22-23H,21,38-39H2. The number of hydrogen-bond acceptors (Lipinski definition) is 6. The highest BCUT2D eigenvalue weighted by Gasteiger charge is 2.20. The van der Waals surface area contributed by atoms with E-state index in [2.05, 4.69) is 24.3 Å². The molecule has 6 aromatic carbocycles. The Morgan fingerprint density at radius 1 is 0.326 bits per heavy atom. The average molecular weight is 565 g/mol. The lowest BCUT2D eigenvalue weighted by molar-refractivity contribution is 0.469. The van der Waals surface area contributed by atoms with E-state index >= 15 is 0 Å². The maximum atomic E-state index is 6.17. The van der Waals surface area contributed by atoms with Crippen LogP contribution in [-0.2, 0) is 6.42 Å². The lowest BCUT2D eigenvalue weighted by Crippen LogP contribution is -1.89. The largest absolute Gasteiger partial charge is 0.457 e. The fraction of sp³-hybridized carbons (Fsp3) is 0.0270. The quantitative estimate of drug-likeness (QED) is 0.179. The van der Waals surface area contributed by atoms with Crippen molar-refractivity contribution >= 4 is 11.4 Å². The Kier molecular flexibility index (Phi) is 6.77. The molecule has 0 aliphatic heterocycles. The molecule has 0 bridgehead atoms. The first-order chi connectivity index (χ1) is 21.0. The molecule has 7 rings (SSSR count). The van der Waals surface area contributed by atoms with Crippen LogP contribution in [0.5, 0.6) is 46.0 Å². The summed E-state index contributed by atoms with van der Waals surface area (Å²) in [6.07, 6.45) is 0.807. The third-order valence-corrected chi connectivity index (χ3v) is 7.17. The van der Waals surface area contributed by atoms with Crippen LogP contribution in [0, 0.1) is 0 Å². The number of hydrogen-bond donors (Lipinski definition) is 2. The summed E-state index contributed by atoms with van der Waals surface area (Å²) in [7, 11) is 0. The molecule has 43 heavy (non-hydrogen) atoms. The molecule has 0 heterocycles. The molecule has 0 fully saturated rings. The van der Waals surface area contributed by atoms with E-state index in [0.29, 0.717) is 11.4 Å². The van der Waals surface area contributed by atoms with Crippen LogP contribution in [0.2, 0.25) is 0 Å². The molecule has 0 atom stereocenters. The van der Waals surface area contributed by atoms with Gasteiger partial charge in [0.1, 0.15) is 46.0 Å². The summed E-state index contributed by atoms with van der Waals surface area (Å²) in [5, 5.41) is 0. The van der Waals surface area contributed by atoms with Gasteiger partial charge in [0.15, 0.2) is 0 Å². The average Bonchev–Trinajstić information content (AvgIpc) is 3.38. The van der Waals surface area contributed by atoms with Crippen LogP contribution in [0.4, 0.5) is 11.4 Å². The molecule has 0 saturated heterocycles. The molecule has 0 saturated carbocycles. The molecule has 0 spiro atoms. The highest BCUT2D eigenvalue weighted by Crippen LogP contribution is 2.41. The Hall–Kier alpha value is -5.88. The van der Waals surface area contributed by atoms with Gasteiger partial charge in [-0.3, -0.25) is 0 Å². The highest BCUT2D eigenvalue weighted by atomic mass is 16.5. The zero-order valence-electron chi connectivity index (χ0n) is 23.2. The zero-order valence-corrected chi connectivity index (χ0v) is 23.2. The van der Waals surface area contributed by atoms with Crippen LogP contribution in [0.3, 0.4) is 0 Å². The second-order valence-electron chi connectivity index (χ2n) is 10.3. The first kappa shape index (κ1) is 26.0. The van der Waals surface area contributed by atoms with E-state index in [0.717, 1.165) is 52.4 Å². The molecule has 210 valence electrons. The Labute approximate surface area is 249 Å². The third kappa shape index (κ3) is 5.94. The summed E-state index contributed by atoms with van der Waals surface area (Å²) in [4.78, 5) is 0. The Balaban J connectivity index is 0.985. The molecule has 6 heteroatoms. The van der Waals surface area contributed by atoms with Gasteiger partial charge in [-0.05, 0) is 150 Å². The van der Waals surface area contributed by atoms with Crippen molar-refractivity contribution in [1.29, 1.82) is 0 Å². The normalized spacial score (nSPS) is 11.3. The lowest BCUT2D eigenvalue weighted by atomic mass is 10.1. The maximum absolute atomic E-state index is 6.17. The SMILES string of the molecule is Nc1ccc(Oc2ccc(Oc3ccc4c(c3)Cc3cc(Oc5ccc(Oc6ccc(N)cc6)cc5)ccc3-4)cc2)cc1. The number of nitrogens with two attached hydrogens (primary N) is 2. The highest BCUT2D eigenvalue weighted by molar-refractivity contribution is 5.78. The van der Waals surface area contributed by atoms with Crippen LogP contribution in [0.1, 0.15) is 11.1 Å². The van der Waals surface area contributed by atoms with E-state index in [1.165, 1.54) is 22.3 Å². The van der Waals surface area contributed by atoms with Gasteiger partial charge in [-0.25, -0.2) is 0 Å². The smallest absolute Gasteiger partial charge is 0.127 e. The maximum Gasteiger partial charge on any atom is 0.127 e. The second kappa shape index (κ2) is 11.2. The van der Waals surface area contributed by atoms with Crippen molar-refractivity contribution in [1.82, 2.24) is 0 Å². The van der Waals surface area contributed by atoms with Crippen molar-refractivity contribution in [2.75, 3.05) is 11.5 Å². The van der Waals surface area contributed by atoms with E-state index in [1.54, 1.807) is 0 Å². The summed E-state index contributed by atoms with van der Waals surface area (Å²) in [6.45, 7) is 0. The van der Waals surface area contributed by atoms with E-state index in [9.17, 15) is 0 Å². The first-order valence-corrected chi connectivity index (χ1v) is 13.9. The summed E-state index contributed by atoms with van der Waals surface area (Å²) < 4.78 is 24.1. The number of fused-ring (bicyclic) bond motifs is 3. The molecule has 0 unspecified atom stereocenters. The van der Waals surface area contributed by atoms with Gasteiger partial charge in [0.05, 0.1) is 0 Å². The van der Waals surface area contributed by atoms with Gasteiger partial charge in [0.25, 0.3) is 0 Å². The van der Waals surface area contributed by atoms with Crippen LogP contribution in [0.15, 0.2) is 133 Å². The Morgan fingerprint density at radius 3 is 0.907 bits per heavy atom. The van der Waals surface area contributed by atoms with Gasteiger partial charge in [-0.15, -0.1) is 0 Å². The number of benzene rings is 6. The van der Waals surface area contributed by atoms with Crippen LogP contribution < -0.4 is 30.4 Å². The Morgan fingerprint density at radius 2 is 0.581 bits per heavy atom. The molecule has 1 aliphatic carbocycles. The number of anilines is 2. The van der Waals surface area contributed by atoms with Gasteiger partial charge >= 0.3 is 0 Å². The summed E-state index contributed by atoms with van der Waals surface area (Å²) in [5.41, 5.74) is 17.8. The number of rotatable bonds is 8. The van der Waals surface area contributed by atoms with Gasteiger partial charge in [0, 0.05) is 11.4 Å². The van der Waals surface area contributed by atoms with Crippen molar-refractivity contribution in [2.45, 2.75) is 6.42 Å². The summed E-state index contributed by atoms with van der Waals surface area (Å²) in [5.74, 6) is 5.96. The van der Waals surface area contributed by atoms with Crippen LogP contribution in [0.25, 0.3) is 11.1 Å². The van der Waals surface area contributed by atoms with E-state index in [-0.39, 0.29) is 0 Å². The number of ether oxygens (including phenoxy) is 4. The monoisotopic (exact) mass is 564 g/mol. The van der Waals surface area contributed by atoms with Crippen molar-refractivity contribution in [3.8, 4) is 57.1 Å². The predicted octanol–water partition coefficient (Wildman–Crippen LogP) is 9.59. The predicted molar refractivity (Wildman–Crippen MR) is 170 cm³/mol. The molecule has 0 aromatic heterocycles. The lowest BCUT2D eigenvalue weighted by Gasteiger charge is -2.10. The van der Waals surface area contributed by atoms with Crippen molar-refractivity contribution in [3.05, 3.63) is 145 Å². The van der Waals surface area contributed by atoms with E-state index in [4.69, 9.17) is 30.4 Å². The molecule has 0 radical (unpaired) electrons. The molecular formula is C37H28N2O4. The minimum absolute atomic E-state index is 0.700. The van der Waals surface area contributed by atoms with Gasteiger partial charge in [-0.1, -0.05) is 12.1 Å². The summed E-state index contributed by atoms with van der Waals surface area (Å²) >= 11 is 0. The van der Waals surface area contributed by atoms with Crippen LogP contribution >= 0.6 is 0 Å². The van der Waals surface area contributed by atoms with Gasteiger partial charge in [-0.2, -0.15) is 0 Å². The first-order valence-electron chi connectivity index (χ1n) is 13.9. The molecule has 1 aliphatic rings. The molecule has 0 amide bonds. The van der Waals surface area contributed by atoms with Crippen molar-refractivity contribution < 1.29 is 18.9 Å². The molecule has 6 nitrogen and oxygen atoms in total. The fourth-order valence-corrected chi connectivity index (χ4v) is 5.06. The number of nitrogen functional groups attached to an aromatic ring is 2. The summed E-state index contributed by atoms with van der Waals surface area (Å²) in [6, 6.07) is 42.2. The minimum atomic E-state index is 0.700. The van der Waals surface area contributed by atoms with E-state index < -0.39 is 0 Å². The van der Waals surface area contributed by atoms with Crippen LogP contribution in [-0.4, -0.2) is 0 Å². The van der Waals surface area contributed by atoms with Crippen molar-refractivity contribution in [2.24, 2.45) is 0 Å². The topological polar surface area (TPSA) is 89.0 Å². The fourth-order valence-electron chi connectivity index (χ4n) is 5.06. The van der Waals surface area contributed by atoms with Crippen molar-refractivity contribution in [3.63, 3.8) is 0 Å². The molecule has 6 aromatic rings. The van der Waals surface area contributed by atoms with E-state index in [1.807, 2.05) is 109 Å². The molecular weight excluding hydrogens is 536 g/mol. The minimum Gasteiger partial charge on any atom is -0.457 e. The molecule has 4 N–H and O–H groups in total. The zero-order chi connectivity index (χ0) is 29.2. The Bertz CT molecular complexity index is 1740. The second-order valence-corrected chi connectivity index (χ2v) is 10.3. The third-order valence-electron chi connectivity index (χ3n) is 7.17. The van der Waals surface area contributed by atoms with Gasteiger partial charge in [0.2, 0.25) is 0 Å². The van der Waals surface area contributed by atoms with Gasteiger partial charge < -0.3 is 30.4 Å².